The van der Waals surface area contributed by atoms with Gasteiger partial charge in [0.1, 0.15) is 0 Å². The first-order valence-corrected chi connectivity index (χ1v) is 0. The van der Waals surface area contributed by atoms with Crippen molar-refractivity contribution < 1.29 is 55.9 Å². The Balaban J connectivity index is 0. The van der Waals surface area contributed by atoms with Gasteiger partial charge in [0.25, 0.3) is 0 Å². The van der Waals surface area contributed by atoms with Crippen LogP contribution in [0.4, 0.5) is 0 Å². The van der Waals surface area contributed by atoms with Crippen molar-refractivity contribution in [3.8, 4) is 0 Å². The fourth-order valence-electron chi connectivity index (χ4n) is 0. The first kappa shape index (κ1) is 122. The fourth-order valence-corrected chi connectivity index (χ4v) is 0. The quantitative estimate of drug-likeness (QED) is 0.393. The van der Waals surface area contributed by atoms with Gasteiger partial charge in [0.2, 0.25) is 0 Å². The predicted octanol–water partition coefficient (Wildman–Crippen LogP) is -9.67. The zero-order valence-electron chi connectivity index (χ0n) is 3.46. The van der Waals surface area contributed by atoms with Crippen LogP contribution in [0, 0.1) is 0 Å². The van der Waals surface area contributed by atoms with Gasteiger partial charge < -0.3 is 55.9 Å². The van der Waals surface area contributed by atoms with E-state index in [1.54, 1.807) is 0 Å². The molecule has 4 nitrogen and oxygen atoms in total. The Morgan fingerprint density at radius 3 is 0.429 bits per heavy atom. The van der Waals surface area contributed by atoms with Crippen molar-refractivity contribution in [2.75, 3.05) is 0 Å². The van der Waals surface area contributed by atoms with Crippen LogP contribution in [-0.2, 0) is 0 Å². The third-order valence-corrected chi connectivity index (χ3v) is 0. The smallest absolute Gasteiger partial charge is 1.00 e. The molecule has 8 N–H and O–H groups in total. The van der Waals surface area contributed by atoms with E-state index >= 15 is 0 Å². The standard InChI is InChI=1S/2BrH.4H2O.Sr/h2*1H;4*1H2;/q;;;;;;+2/p-2. The molecule has 0 aromatic rings. The Morgan fingerprint density at radius 2 is 0.429 bits per heavy atom. The summed E-state index contributed by atoms with van der Waals surface area (Å²) in [7, 11) is 0. The summed E-state index contributed by atoms with van der Waals surface area (Å²) in [5.41, 5.74) is 0. The average Bonchev–Trinajstić information content (AvgIpc) is 0. The maximum Gasteiger partial charge on any atom is 2.00 e. The van der Waals surface area contributed by atoms with Crippen molar-refractivity contribution >= 4 is 45.5 Å². The molecule has 0 amide bonds. The second-order valence-electron chi connectivity index (χ2n) is 0. The number of hydrogen-bond acceptors (Lipinski definition) is 0. The molecule has 0 radical (unpaired) electrons. The molecule has 0 bridgehead atoms. The van der Waals surface area contributed by atoms with Gasteiger partial charge in [-0.05, 0) is 0 Å². The Labute approximate surface area is 99.7 Å². The third-order valence-electron chi connectivity index (χ3n) is 0. The van der Waals surface area contributed by atoms with Crippen LogP contribution >= 0.6 is 0 Å². The van der Waals surface area contributed by atoms with Gasteiger partial charge in [-0.15, -0.1) is 0 Å². The van der Waals surface area contributed by atoms with E-state index in [0.29, 0.717) is 0 Å². The topological polar surface area (TPSA) is 126 Å². The summed E-state index contributed by atoms with van der Waals surface area (Å²) in [5, 5.41) is 0. The van der Waals surface area contributed by atoms with E-state index in [2.05, 4.69) is 0 Å². The van der Waals surface area contributed by atoms with Crippen molar-refractivity contribution in [2.45, 2.75) is 0 Å². The summed E-state index contributed by atoms with van der Waals surface area (Å²) in [6.07, 6.45) is 0. The van der Waals surface area contributed by atoms with Gasteiger partial charge in [-0.2, -0.15) is 0 Å². The van der Waals surface area contributed by atoms with Crippen LogP contribution in [0.25, 0.3) is 0 Å². The zero-order chi connectivity index (χ0) is 0. The molecular weight excluding hydrogens is 311 g/mol. The number of rotatable bonds is 0. The Hall–Kier alpha value is 2.28. The second kappa shape index (κ2) is 84.4. The van der Waals surface area contributed by atoms with Crippen molar-refractivity contribution in [3.05, 3.63) is 0 Å². The summed E-state index contributed by atoms with van der Waals surface area (Å²) in [6.45, 7) is 0. The van der Waals surface area contributed by atoms with Crippen LogP contribution in [0.15, 0.2) is 0 Å². The molecule has 0 unspecified atom stereocenters. The normalized spacial score (nSPS) is 0. The van der Waals surface area contributed by atoms with Crippen LogP contribution in [0.3, 0.4) is 0 Å². The van der Waals surface area contributed by atoms with Crippen LogP contribution in [0.1, 0.15) is 0 Å². The summed E-state index contributed by atoms with van der Waals surface area (Å²) >= 11 is 0. The second-order valence-corrected chi connectivity index (χ2v) is 0. The van der Waals surface area contributed by atoms with Crippen molar-refractivity contribution in [1.82, 2.24) is 0 Å². The van der Waals surface area contributed by atoms with Gasteiger partial charge in [-0.25, -0.2) is 0 Å². The maximum absolute atomic E-state index is 0. The van der Waals surface area contributed by atoms with E-state index in [9.17, 15) is 0 Å². The minimum atomic E-state index is 0. The minimum Gasteiger partial charge on any atom is -1.00 e. The van der Waals surface area contributed by atoms with Crippen molar-refractivity contribution in [2.24, 2.45) is 0 Å². The maximum atomic E-state index is 0. The summed E-state index contributed by atoms with van der Waals surface area (Å²) in [6, 6.07) is 0. The van der Waals surface area contributed by atoms with Gasteiger partial charge in [0, 0.05) is 0 Å². The molecule has 0 spiro atoms. The molecule has 0 aliphatic heterocycles. The van der Waals surface area contributed by atoms with Crippen LogP contribution < -0.4 is 34.0 Å². The number of hydrogen-bond donors (Lipinski definition) is 0. The monoisotopic (exact) mass is 318 g/mol. The first-order valence-electron chi connectivity index (χ1n) is 0. The molecule has 0 saturated heterocycles. The number of halogens is 2. The van der Waals surface area contributed by atoms with E-state index in [0.717, 1.165) is 0 Å². The molecule has 0 aromatic heterocycles. The van der Waals surface area contributed by atoms with Gasteiger partial charge in [0.15, 0.2) is 0 Å². The van der Waals surface area contributed by atoms with Crippen LogP contribution in [0.2, 0.25) is 0 Å². The van der Waals surface area contributed by atoms with Crippen LogP contribution in [0.5, 0.6) is 0 Å². The zero-order valence-corrected chi connectivity index (χ0v) is 10.1. The molecule has 0 aliphatic rings. The molecule has 48 valence electrons. The van der Waals surface area contributed by atoms with E-state index in [1.165, 1.54) is 0 Å². The Morgan fingerprint density at radius 1 is 0.429 bits per heavy atom. The average molecular weight is 319 g/mol. The molecule has 0 aromatic carbocycles. The van der Waals surface area contributed by atoms with E-state index in [1.807, 2.05) is 0 Å². The molecule has 0 aliphatic carbocycles. The van der Waals surface area contributed by atoms with Gasteiger partial charge in [0.05, 0.1) is 0 Å². The molecule has 0 fully saturated rings. The molecule has 7 heteroatoms. The molecule has 0 heterocycles. The van der Waals surface area contributed by atoms with E-state index in [-0.39, 0.29) is 101 Å². The molecule has 0 rings (SSSR count). The predicted molar refractivity (Wildman–Crippen MR) is 20.2 cm³/mol. The van der Waals surface area contributed by atoms with Gasteiger partial charge >= 0.3 is 45.5 Å². The van der Waals surface area contributed by atoms with Gasteiger partial charge in [-0.1, -0.05) is 0 Å². The molecule has 0 saturated carbocycles. The van der Waals surface area contributed by atoms with Crippen molar-refractivity contribution in [1.29, 1.82) is 0 Å². The SMILES string of the molecule is O.O.O.O.[Br-].[Br-].[Sr+2]. The van der Waals surface area contributed by atoms with Crippen molar-refractivity contribution in [3.63, 3.8) is 0 Å². The summed E-state index contributed by atoms with van der Waals surface area (Å²) in [5.74, 6) is 0. The third kappa shape index (κ3) is 62.8. The van der Waals surface area contributed by atoms with E-state index in [4.69, 9.17) is 0 Å². The van der Waals surface area contributed by atoms with E-state index < -0.39 is 0 Å². The van der Waals surface area contributed by atoms with Gasteiger partial charge in [-0.3, -0.25) is 0 Å². The first-order chi connectivity index (χ1) is 0. The largest absolute Gasteiger partial charge is 2.00 e. The Bertz CT molecular complexity index is 9.65. The minimum absolute atomic E-state index is 0. The molecular formula is H8Br2O4Sr. The summed E-state index contributed by atoms with van der Waals surface area (Å²) in [4.78, 5) is 0. The summed E-state index contributed by atoms with van der Waals surface area (Å²) < 4.78 is 0. The Kier molecular flexibility index (Phi) is 1480. The molecule has 0 atom stereocenters. The fraction of sp³-hybridized carbons (Fsp3) is 0. The molecule has 7 heavy (non-hydrogen) atoms. The van der Waals surface area contributed by atoms with Crippen LogP contribution in [-0.4, -0.2) is 67.4 Å².